The number of amides is 4. The van der Waals surface area contributed by atoms with Gasteiger partial charge >= 0.3 is 6.03 Å². The second-order valence-corrected chi connectivity index (χ2v) is 4.99. The van der Waals surface area contributed by atoms with Crippen molar-refractivity contribution >= 4 is 17.8 Å². The summed E-state index contributed by atoms with van der Waals surface area (Å²) in [6.45, 7) is 0. The van der Waals surface area contributed by atoms with Crippen molar-refractivity contribution in [3.05, 3.63) is 35.9 Å². The zero-order valence-electron chi connectivity index (χ0n) is 11.4. The molecule has 0 spiro atoms. The van der Waals surface area contributed by atoms with E-state index in [4.69, 9.17) is 0 Å². The summed E-state index contributed by atoms with van der Waals surface area (Å²) in [6.07, 6.45) is 0.321. The van der Waals surface area contributed by atoms with Crippen LogP contribution in [0.2, 0.25) is 0 Å². The third kappa shape index (κ3) is 3.03. The zero-order chi connectivity index (χ0) is 14.7. The molecule has 1 aliphatic heterocycles. The van der Waals surface area contributed by atoms with Gasteiger partial charge in [0.2, 0.25) is 11.8 Å². The van der Waals surface area contributed by atoms with Crippen LogP contribution in [0.25, 0.3) is 0 Å². The van der Waals surface area contributed by atoms with Gasteiger partial charge in [0.25, 0.3) is 0 Å². The standard InChI is InChI=1S/C14H17N3O3/c1-17(2)11(9-6-4-3-5-7-9)8-10-12(18)15-14(20)16-13(10)19/h3-7,10-11H,8H2,1-2H3,(H2,15,16,18,19,20)/t11-/m0/s1. The molecule has 6 nitrogen and oxygen atoms in total. The number of hydrogen-bond donors (Lipinski definition) is 2. The minimum Gasteiger partial charge on any atom is -0.302 e. The highest BCUT2D eigenvalue weighted by molar-refractivity contribution is 6.16. The number of nitrogens with one attached hydrogen (secondary N) is 2. The molecule has 1 aliphatic rings. The van der Waals surface area contributed by atoms with Crippen LogP contribution in [-0.2, 0) is 9.59 Å². The van der Waals surface area contributed by atoms with Crippen LogP contribution in [0.4, 0.5) is 4.79 Å². The van der Waals surface area contributed by atoms with Gasteiger partial charge in [-0.25, -0.2) is 4.79 Å². The molecule has 1 aromatic rings. The van der Waals surface area contributed by atoms with Crippen LogP contribution in [0.15, 0.2) is 30.3 Å². The summed E-state index contributed by atoms with van der Waals surface area (Å²) in [7, 11) is 3.78. The van der Waals surface area contributed by atoms with Crippen molar-refractivity contribution in [1.82, 2.24) is 15.5 Å². The van der Waals surface area contributed by atoms with Crippen LogP contribution >= 0.6 is 0 Å². The van der Waals surface area contributed by atoms with Crippen LogP contribution < -0.4 is 10.6 Å². The SMILES string of the molecule is CN(C)[C@@H](CC1C(=O)NC(=O)NC1=O)c1ccccc1. The Balaban J connectivity index is 2.19. The molecule has 1 heterocycles. The number of rotatable bonds is 4. The lowest BCUT2D eigenvalue weighted by molar-refractivity contribution is -0.136. The van der Waals surface area contributed by atoms with Crippen molar-refractivity contribution in [3.8, 4) is 0 Å². The highest BCUT2D eigenvalue weighted by atomic mass is 16.2. The predicted molar refractivity (Wildman–Crippen MR) is 72.7 cm³/mol. The average molecular weight is 275 g/mol. The zero-order valence-corrected chi connectivity index (χ0v) is 11.4. The fraction of sp³-hybridized carbons (Fsp3) is 0.357. The van der Waals surface area contributed by atoms with Gasteiger partial charge in [-0.3, -0.25) is 20.2 Å². The molecule has 0 aliphatic carbocycles. The molecule has 1 fully saturated rings. The quantitative estimate of drug-likeness (QED) is 0.791. The van der Waals surface area contributed by atoms with Crippen molar-refractivity contribution in [2.24, 2.45) is 5.92 Å². The van der Waals surface area contributed by atoms with E-state index in [1.165, 1.54) is 0 Å². The molecule has 0 radical (unpaired) electrons. The highest BCUT2D eigenvalue weighted by Crippen LogP contribution is 2.26. The third-order valence-corrected chi connectivity index (χ3v) is 3.37. The first-order valence-corrected chi connectivity index (χ1v) is 6.36. The Kier molecular flexibility index (Phi) is 4.14. The minimum atomic E-state index is -0.861. The van der Waals surface area contributed by atoms with E-state index in [-0.39, 0.29) is 6.04 Å². The first-order chi connectivity index (χ1) is 9.49. The topological polar surface area (TPSA) is 78.5 Å². The monoisotopic (exact) mass is 275 g/mol. The Morgan fingerprint density at radius 3 is 2.10 bits per heavy atom. The molecule has 0 bridgehead atoms. The molecule has 6 heteroatoms. The lowest BCUT2D eigenvalue weighted by atomic mass is 9.92. The molecule has 1 saturated heterocycles. The Morgan fingerprint density at radius 1 is 1.05 bits per heavy atom. The van der Waals surface area contributed by atoms with Gasteiger partial charge in [-0.1, -0.05) is 30.3 Å². The molecule has 0 aromatic heterocycles. The number of urea groups is 1. The van der Waals surface area contributed by atoms with Crippen LogP contribution in [-0.4, -0.2) is 36.8 Å². The van der Waals surface area contributed by atoms with E-state index >= 15 is 0 Å². The Bertz CT molecular complexity index is 508. The fourth-order valence-electron chi connectivity index (χ4n) is 2.31. The van der Waals surface area contributed by atoms with Gasteiger partial charge < -0.3 is 4.90 Å². The predicted octanol–water partition coefficient (Wildman–Crippen LogP) is 0.662. The van der Waals surface area contributed by atoms with Crippen molar-refractivity contribution in [1.29, 1.82) is 0 Å². The van der Waals surface area contributed by atoms with Crippen molar-refractivity contribution in [2.45, 2.75) is 12.5 Å². The summed E-state index contributed by atoms with van der Waals surface area (Å²) in [5.41, 5.74) is 1.02. The molecule has 1 aromatic carbocycles. The van der Waals surface area contributed by atoms with E-state index in [9.17, 15) is 14.4 Å². The Labute approximate surface area is 117 Å². The second-order valence-electron chi connectivity index (χ2n) is 4.99. The highest BCUT2D eigenvalue weighted by Gasteiger charge is 2.36. The summed E-state index contributed by atoms with van der Waals surface area (Å²) in [4.78, 5) is 36.6. The van der Waals surface area contributed by atoms with Gasteiger partial charge in [-0.05, 0) is 26.1 Å². The van der Waals surface area contributed by atoms with E-state index in [1.807, 2.05) is 49.3 Å². The van der Waals surface area contributed by atoms with Crippen LogP contribution in [0.3, 0.4) is 0 Å². The van der Waals surface area contributed by atoms with E-state index in [2.05, 4.69) is 10.6 Å². The number of imide groups is 2. The van der Waals surface area contributed by atoms with E-state index in [0.29, 0.717) is 6.42 Å². The Hall–Kier alpha value is -2.21. The largest absolute Gasteiger partial charge is 0.328 e. The van der Waals surface area contributed by atoms with Gasteiger partial charge in [0.1, 0.15) is 5.92 Å². The van der Waals surface area contributed by atoms with E-state index < -0.39 is 23.8 Å². The Morgan fingerprint density at radius 2 is 1.60 bits per heavy atom. The minimum absolute atomic E-state index is 0.0779. The van der Waals surface area contributed by atoms with E-state index in [1.54, 1.807) is 0 Å². The van der Waals surface area contributed by atoms with Gasteiger partial charge in [0.05, 0.1) is 0 Å². The van der Waals surface area contributed by atoms with Crippen LogP contribution in [0, 0.1) is 5.92 Å². The lowest BCUT2D eigenvalue weighted by Gasteiger charge is -2.29. The van der Waals surface area contributed by atoms with Crippen molar-refractivity contribution in [3.63, 3.8) is 0 Å². The molecule has 106 valence electrons. The second kappa shape index (κ2) is 5.83. The number of carbonyl (C=O) groups excluding carboxylic acids is 3. The molecule has 0 unspecified atom stereocenters. The van der Waals surface area contributed by atoms with Crippen LogP contribution in [0.5, 0.6) is 0 Å². The molecule has 2 N–H and O–H groups in total. The maximum atomic E-state index is 11.8. The maximum absolute atomic E-state index is 11.8. The van der Waals surface area contributed by atoms with Gasteiger partial charge in [0.15, 0.2) is 0 Å². The summed E-state index contributed by atoms with van der Waals surface area (Å²) in [5.74, 6) is -1.94. The van der Waals surface area contributed by atoms with E-state index in [0.717, 1.165) is 5.56 Å². The number of barbiturate groups is 1. The smallest absolute Gasteiger partial charge is 0.302 e. The summed E-state index contributed by atoms with van der Waals surface area (Å²) in [5, 5.41) is 4.25. The average Bonchev–Trinajstić information content (AvgIpc) is 2.38. The summed E-state index contributed by atoms with van der Waals surface area (Å²) < 4.78 is 0. The molecule has 1 atom stereocenters. The van der Waals surface area contributed by atoms with Gasteiger partial charge in [0, 0.05) is 6.04 Å². The summed E-state index contributed by atoms with van der Waals surface area (Å²) >= 11 is 0. The summed E-state index contributed by atoms with van der Waals surface area (Å²) in [6, 6.07) is 8.81. The van der Waals surface area contributed by atoms with Crippen LogP contribution in [0.1, 0.15) is 18.0 Å². The third-order valence-electron chi connectivity index (χ3n) is 3.37. The normalized spacial score (nSPS) is 17.9. The van der Waals surface area contributed by atoms with Crippen molar-refractivity contribution < 1.29 is 14.4 Å². The van der Waals surface area contributed by atoms with Gasteiger partial charge in [-0.15, -0.1) is 0 Å². The molecule has 2 rings (SSSR count). The molecule has 20 heavy (non-hydrogen) atoms. The maximum Gasteiger partial charge on any atom is 0.328 e. The molecule has 4 amide bonds. The number of nitrogens with zero attached hydrogens (tertiary/aromatic N) is 1. The van der Waals surface area contributed by atoms with Crippen molar-refractivity contribution in [2.75, 3.05) is 14.1 Å². The van der Waals surface area contributed by atoms with Gasteiger partial charge in [-0.2, -0.15) is 0 Å². The first kappa shape index (κ1) is 14.2. The first-order valence-electron chi connectivity index (χ1n) is 6.36. The number of hydrogen-bond acceptors (Lipinski definition) is 4. The molecular formula is C14H17N3O3. The number of carbonyl (C=O) groups is 3. The fourth-order valence-corrected chi connectivity index (χ4v) is 2.31. The molecule has 0 saturated carbocycles. The number of benzene rings is 1. The molecular weight excluding hydrogens is 258 g/mol. The lowest BCUT2D eigenvalue weighted by Crippen LogP contribution is -2.56.